The summed E-state index contributed by atoms with van der Waals surface area (Å²) in [6.07, 6.45) is 3.17. The van der Waals surface area contributed by atoms with E-state index in [9.17, 15) is 4.39 Å². The van der Waals surface area contributed by atoms with E-state index in [1.54, 1.807) is 6.07 Å². The quantitative estimate of drug-likeness (QED) is 0.767. The SMILES string of the molecule is Cc1ccc(F)cc1CC1CC(N)C1. The topological polar surface area (TPSA) is 26.0 Å². The summed E-state index contributed by atoms with van der Waals surface area (Å²) in [5, 5.41) is 0. The first kappa shape index (κ1) is 9.66. The van der Waals surface area contributed by atoms with Gasteiger partial charge in [-0.25, -0.2) is 4.39 Å². The predicted octanol–water partition coefficient (Wildman–Crippen LogP) is 2.41. The molecule has 0 unspecified atom stereocenters. The zero-order chi connectivity index (χ0) is 10.1. The number of hydrogen-bond acceptors (Lipinski definition) is 1. The molecule has 1 fully saturated rings. The molecule has 0 radical (unpaired) electrons. The van der Waals surface area contributed by atoms with Crippen molar-refractivity contribution in [3.05, 3.63) is 35.1 Å². The normalized spacial score (nSPS) is 25.9. The molecule has 0 amide bonds. The second-order valence-corrected chi connectivity index (χ2v) is 4.37. The maximum atomic E-state index is 13.0. The Kier molecular flexibility index (Phi) is 2.55. The van der Waals surface area contributed by atoms with Crippen LogP contribution in [-0.4, -0.2) is 6.04 Å². The zero-order valence-electron chi connectivity index (χ0n) is 8.46. The van der Waals surface area contributed by atoms with Crippen LogP contribution in [0.15, 0.2) is 18.2 Å². The van der Waals surface area contributed by atoms with Gasteiger partial charge < -0.3 is 5.73 Å². The van der Waals surface area contributed by atoms with E-state index in [4.69, 9.17) is 5.73 Å². The Balaban J connectivity index is 2.05. The van der Waals surface area contributed by atoms with E-state index >= 15 is 0 Å². The van der Waals surface area contributed by atoms with Crippen molar-refractivity contribution in [1.82, 2.24) is 0 Å². The number of nitrogens with two attached hydrogens (primary N) is 1. The first-order valence-corrected chi connectivity index (χ1v) is 5.16. The molecular formula is C12H16FN. The number of aryl methyl sites for hydroxylation is 1. The fourth-order valence-corrected chi connectivity index (χ4v) is 2.12. The van der Waals surface area contributed by atoms with Gasteiger partial charge in [0.1, 0.15) is 5.82 Å². The lowest BCUT2D eigenvalue weighted by atomic mass is 9.76. The van der Waals surface area contributed by atoms with Gasteiger partial charge in [-0.2, -0.15) is 0 Å². The molecule has 0 saturated heterocycles. The van der Waals surface area contributed by atoms with Crippen LogP contribution in [0.2, 0.25) is 0 Å². The van der Waals surface area contributed by atoms with E-state index < -0.39 is 0 Å². The molecule has 0 aromatic heterocycles. The fourth-order valence-electron chi connectivity index (χ4n) is 2.12. The highest BCUT2D eigenvalue weighted by atomic mass is 19.1. The Morgan fingerprint density at radius 1 is 1.43 bits per heavy atom. The highest BCUT2D eigenvalue weighted by molar-refractivity contribution is 5.27. The first-order valence-electron chi connectivity index (χ1n) is 5.16. The van der Waals surface area contributed by atoms with E-state index in [0.29, 0.717) is 12.0 Å². The highest BCUT2D eigenvalue weighted by Gasteiger charge is 2.26. The molecule has 0 bridgehead atoms. The summed E-state index contributed by atoms with van der Waals surface area (Å²) >= 11 is 0. The lowest BCUT2D eigenvalue weighted by Gasteiger charge is -2.32. The van der Waals surface area contributed by atoms with E-state index in [0.717, 1.165) is 24.8 Å². The van der Waals surface area contributed by atoms with Crippen LogP contribution in [0.3, 0.4) is 0 Å². The number of benzene rings is 1. The van der Waals surface area contributed by atoms with Crippen molar-refractivity contribution < 1.29 is 4.39 Å². The minimum absolute atomic E-state index is 0.130. The third-order valence-corrected chi connectivity index (χ3v) is 3.09. The van der Waals surface area contributed by atoms with Gasteiger partial charge in [0.2, 0.25) is 0 Å². The molecule has 76 valence electrons. The maximum Gasteiger partial charge on any atom is 0.123 e. The molecule has 1 aliphatic rings. The van der Waals surface area contributed by atoms with Crippen LogP contribution in [0, 0.1) is 18.7 Å². The van der Waals surface area contributed by atoms with Crippen molar-refractivity contribution in [1.29, 1.82) is 0 Å². The molecule has 2 heteroatoms. The molecule has 1 nitrogen and oxygen atoms in total. The van der Waals surface area contributed by atoms with Crippen LogP contribution in [-0.2, 0) is 6.42 Å². The maximum absolute atomic E-state index is 13.0. The molecule has 0 spiro atoms. The van der Waals surface area contributed by atoms with Gasteiger partial charge in [0.25, 0.3) is 0 Å². The number of hydrogen-bond donors (Lipinski definition) is 1. The van der Waals surface area contributed by atoms with Crippen molar-refractivity contribution in [2.45, 2.75) is 32.2 Å². The van der Waals surface area contributed by atoms with Gasteiger partial charge in [-0.1, -0.05) is 6.07 Å². The minimum atomic E-state index is -0.130. The van der Waals surface area contributed by atoms with E-state index in [1.807, 2.05) is 13.0 Å². The Morgan fingerprint density at radius 3 is 2.79 bits per heavy atom. The van der Waals surface area contributed by atoms with E-state index in [-0.39, 0.29) is 5.82 Å². The lowest BCUT2D eigenvalue weighted by Crippen LogP contribution is -2.37. The molecule has 2 N–H and O–H groups in total. The average Bonchev–Trinajstić information content (AvgIpc) is 2.09. The molecular weight excluding hydrogens is 177 g/mol. The van der Waals surface area contributed by atoms with Crippen LogP contribution >= 0.6 is 0 Å². The molecule has 1 aromatic carbocycles. The van der Waals surface area contributed by atoms with Crippen LogP contribution in [0.4, 0.5) is 4.39 Å². The molecule has 0 aliphatic heterocycles. The summed E-state index contributed by atoms with van der Waals surface area (Å²) < 4.78 is 13.0. The summed E-state index contributed by atoms with van der Waals surface area (Å²) in [5.41, 5.74) is 8.04. The number of halogens is 1. The van der Waals surface area contributed by atoms with Gasteiger partial charge in [0.05, 0.1) is 0 Å². The first-order chi connectivity index (χ1) is 6.65. The fraction of sp³-hybridized carbons (Fsp3) is 0.500. The summed E-state index contributed by atoms with van der Waals surface area (Å²) in [7, 11) is 0. The Morgan fingerprint density at radius 2 is 2.14 bits per heavy atom. The summed E-state index contributed by atoms with van der Waals surface area (Å²) in [6.45, 7) is 2.04. The van der Waals surface area contributed by atoms with Gasteiger partial charge in [0, 0.05) is 6.04 Å². The van der Waals surface area contributed by atoms with Gasteiger partial charge in [-0.3, -0.25) is 0 Å². The van der Waals surface area contributed by atoms with Gasteiger partial charge in [-0.05, 0) is 55.4 Å². The Bertz CT molecular complexity index is 329. The molecule has 1 aliphatic carbocycles. The van der Waals surface area contributed by atoms with Crippen molar-refractivity contribution in [2.24, 2.45) is 11.7 Å². The van der Waals surface area contributed by atoms with Crippen molar-refractivity contribution in [2.75, 3.05) is 0 Å². The van der Waals surface area contributed by atoms with E-state index in [1.165, 1.54) is 11.6 Å². The van der Waals surface area contributed by atoms with E-state index in [2.05, 4.69) is 0 Å². The summed E-state index contributed by atoms with van der Waals surface area (Å²) in [5.74, 6) is 0.541. The second-order valence-electron chi connectivity index (χ2n) is 4.37. The van der Waals surface area contributed by atoms with Gasteiger partial charge in [0.15, 0.2) is 0 Å². The molecule has 1 saturated carbocycles. The summed E-state index contributed by atoms with van der Waals surface area (Å²) in [4.78, 5) is 0. The average molecular weight is 193 g/mol. The monoisotopic (exact) mass is 193 g/mol. The van der Waals surface area contributed by atoms with Gasteiger partial charge >= 0.3 is 0 Å². The molecule has 2 rings (SSSR count). The third kappa shape index (κ3) is 1.95. The highest BCUT2D eigenvalue weighted by Crippen LogP contribution is 2.30. The van der Waals surface area contributed by atoms with Crippen LogP contribution in [0.5, 0.6) is 0 Å². The smallest absolute Gasteiger partial charge is 0.123 e. The summed E-state index contributed by atoms with van der Waals surface area (Å²) in [6, 6.07) is 5.40. The molecule has 14 heavy (non-hydrogen) atoms. The van der Waals surface area contributed by atoms with Crippen molar-refractivity contribution in [3.63, 3.8) is 0 Å². The van der Waals surface area contributed by atoms with Crippen LogP contribution in [0.25, 0.3) is 0 Å². The largest absolute Gasteiger partial charge is 0.328 e. The number of rotatable bonds is 2. The van der Waals surface area contributed by atoms with Crippen molar-refractivity contribution >= 4 is 0 Å². The Hall–Kier alpha value is -0.890. The molecule has 1 aromatic rings. The van der Waals surface area contributed by atoms with Crippen LogP contribution < -0.4 is 5.73 Å². The Labute approximate surface area is 84.1 Å². The van der Waals surface area contributed by atoms with Crippen LogP contribution in [0.1, 0.15) is 24.0 Å². The molecule has 0 atom stereocenters. The second kappa shape index (κ2) is 3.70. The third-order valence-electron chi connectivity index (χ3n) is 3.09. The lowest BCUT2D eigenvalue weighted by molar-refractivity contribution is 0.264. The standard InChI is InChI=1S/C12H16FN/c1-8-2-3-11(13)7-10(8)4-9-5-12(14)6-9/h2-3,7,9,12H,4-6,14H2,1H3. The molecule has 0 heterocycles. The zero-order valence-corrected chi connectivity index (χ0v) is 8.46. The predicted molar refractivity (Wildman–Crippen MR) is 55.5 cm³/mol. The minimum Gasteiger partial charge on any atom is -0.328 e. The van der Waals surface area contributed by atoms with Crippen molar-refractivity contribution in [3.8, 4) is 0 Å². The van der Waals surface area contributed by atoms with Gasteiger partial charge in [-0.15, -0.1) is 0 Å².